The Kier molecular flexibility index (Phi) is 17.5. The van der Waals surface area contributed by atoms with E-state index in [1.54, 1.807) is 14.2 Å². The van der Waals surface area contributed by atoms with Crippen molar-refractivity contribution in [3.05, 3.63) is 58.7 Å². The molecule has 0 fully saturated rings. The largest absolute Gasteiger partial charge is 0.497 e. The van der Waals surface area contributed by atoms with Gasteiger partial charge in [-0.3, -0.25) is 19.2 Å². The molecule has 0 radical (unpaired) electrons. The summed E-state index contributed by atoms with van der Waals surface area (Å²) in [4.78, 5) is 45.8. The van der Waals surface area contributed by atoms with Crippen LogP contribution in [0.1, 0.15) is 137 Å². The number of hydrogen-bond donors (Lipinski definition) is 3. The Balaban J connectivity index is 0.000000266. The van der Waals surface area contributed by atoms with E-state index in [1.807, 2.05) is 12.1 Å². The van der Waals surface area contributed by atoms with Crippen LogP contribution >= 0.6 is 0 Å². The number of rotatable bonds is 18. The number of ether oxygens (including phenoxy) is 3. The van der Waals surface area contributed by atoms with Gasteiger partial charge in [-0.25, -0.2) is 0 Å². The Labute approximate surface area is 291 Å². The summed E-state index contributed by atoms with van der Waals surface area (Å²) >= 11 is 0. The SMILES string of the molecule is COC(=O)CCCCCCC(=O)NC1CCCc2cc(OC)ccc21.COc1ccc2c(c1)CCCC2NC(=O)CCCCCCC(=O)O. The van der Waals surface area contributed by atoms with E-state index >= 15 is 0 Å². The molecule has 0 saturated heterocycles. The fraction of sp³-hybridized carbons (Fsp3) is 0.590. The van der Waals surface area contributed by atoms with Crippen LogP contribution in [0.25, 0.3) is 0 Å². The van der Waals surface area contributed by atoms with E-state index in [1.165, 1.54) is 29.4 Å². The monoisotopic (exact) mass is 680 g/mol. The van der Waals surface area contributed by atoms with Gasteiger partial charge in [-0.2, -0.15) is 0 Å². The van der Waals surface area contributed by atoms with Crippen molar-refractivity contribution in [2.75, 3.05) is 21.3 Å². The molecule has 2 aliphatic carbocycles. The maximum absolute atomic E-state index is 12.2. The second kappa shape index (κ2) is 21.8. The molecule has 2 atom stereocenters. The minimum atomic E-state index is -0.750. The predicted molar refractivity (Wildman–Crippen MR) is 189 cm³/mol. The number of esters is 1. The summed E-state index contributed by atoms with van der Waals surface area (Å²) in [6.07, 6.45) is 14.8. The number of carbonyl (C=O) groups is 4. The molecule has 4 rings (SSSR count). The highest BCUT2D eigenvalue weighted by Crippen LogP contribution is 2.33. The van der Waals surface area contributed by atoms with Gasteiger partial charge in [0.05, 0.1) is 33.4 Å². The van der Waals surface area contributed by atoms with E-state index in [-0.39, 0.29) is 36.3 Å². The molecule has 0 spiro atoms. The lowest BCUT2D eigenvalue weighted by Crippen LogP contribution is -2.30. The molecular formula is C39H56N2O8. The first-order valence-corrected chi connectivity index (χ1v) is 17.9. The van der Waals surface area contributed by atoms with Gasteiger partial charge < -0.3 is 30.0 Å². The number of fused-ring (bicyclic) bond motifs is 2. The number of carboxylic acid groups (broad SMARTS) is 1. The van der Waals surface area contributed by atoms with Crippen LogP contribution in [0.2, 0.25) is 0 Å². The molecule has 270 valence electrons. The lowest BCUT2D eigenvalue weighted by atomic mass is 9.87. The lowest BCUT2D eigenvalue weighted by molar-refractivity contribution is -0.141. The first-order valence-electron chi connectivity index (χ1n) is 17.9. The molecule has 49 heavy (non-hydrogen) atoms. The number of unbranched alkanes of at least 4 members (excludes halogenated alkanes) is 6. The summed E-state index contributed by atoms with van der Waals surface area (Å²) in [5.41, 5.74) is 4.97. The molecule has 2 aliphatic rings. The average molecular weight is 681 g/mol. The van der Waals surface area contributed by atoms with Crippen molar-refractivity contribution >= 4 is 23.8 Å². The molecule has 0 heterocycles. The van der Waals surface area contributed by atoms with E-state index in [2.05, 4.69) is 39.6 Å². The van der Waals surface area contributed by atoms with Crippen LogP contribution in [-0.4, -0.2) is 50.2 Å². The summed E-state index contributed by atoms with van der Waals surface area (Å²) in [7, 11) is 4.75. The molecule has 2 aromatic carbocycles. The molecule has 2 aromatic rings. The standard InChI is InChI=1S/C20H29NO4.C19H27NO4/c1-24-16-12-13-17-15(14-16)8-7-9-18(17)21-19(22)10-5-3-4-6-11-20(23)25-2;1-24-15-11-12-16-14(13-15)7-6-8-17(16)20-18(21)9-4-2-3-5-10-19(22)23/h12-14,18H,3-11H2,1-2H3,(H,21,22);11-13,17H,2-10H2,1H3,(H,20,21)(H,22,23). The highest BCUT2D eigenvalue weighted by atomic mass is 16.5. The van der Waals surface area contributed by atoms with Crippen molar-refractivity contribution in [2.24, 2.45) is 0 Å². The minimum absolute atomic E-state index is 0.0851. The minimum Gasteiger partial charge on any atom is -0.497 e. The molecule has 0 aromatic heterocycles. The predicted octanol–water partition coefficient (Wildman–Crippen LogP) is 7.32. The summed E-state index contributed by atoms with van der Waals surface area (Å²) < 4.78 is 15.2. The van der Waals surface area contributed by atoms with Crippen LogP contribution in [0.15, 0.2) is 36.4 Å². The van der Waals surface area contributed by atoms with Crippen LogP contribution in [-0.2, 0) is 36.8 Å². The second-order valence-corrected chi connectivity index (χ2v) is 13.0. The second-order valence-electron chi connectivity index (χ2n) is 13.0. The van der Waals surface area contributed by atoms with E-state index in [9.17, 15) is 19.2 Å². The molecule has 0 bridgehead atoms. The molecule has 2 amide bonds. The lowest BCUT2D eigenvalue weighted by Gasteiger charge is -2.27. The third kappa shape index (κ3) is 14.1. The topological polar surface area (TPSA) is 140 Å². The van der Waals surface area contributed by atoms with E-state index < -0.39 is 5.97 Å². The van der Waals surface area contributed by atoms with Gasteiger partial charge in [0.2, 0.25) is 11.8 Å². The molecule has 0 aliphatic heterocycles. The Morgan fingerprint density at radius 2 is 1.06 bits per heavy atom. The Morgan fingerprint density at radius 3 is 1.47 bits per heavy atom. The van der Waals surface area contributed by atoms with E-state index in [0.29, 0.717) is 25.7 Å². The fourth-order valence-electron chi connectivity index (χ4n) is 6.59. The maximum atomic E-state index is 12.2. The van der Waals surface area contributed by atoms with Crippen molar-refractivity contribution in [3.63, 3.8) is 0 Å². The van der Waals surface area contributed by atoms with E-state index in [0.717, 1.165) is 95.0 Å². The number of benzene rings is 2. The van der Waals surface area contributed by atoms with Crippen LogP contribution in [0.5, 0.6) is 11.5 Å². The molecule has 10 nitrogen and oxygen atoms in total. The smallest absolute Gasteiger partial charge is 0.305 e. The third-order valence-corrected chi connectivity index (χ3v) is 9.31. The van der Waals surface area contributed by atoms with Gasteiger partial charge >= 0.3 is 11.9 Å². The Bertz CT molecular complexity index is 1360. The zero-order valence-electron chi connectivity index (χ0n) is 29.7. The number of carbonyl (C=O) groups excluding carboxylic acids is 3. The van der Waals surface area contributed by atoms with Gasteiger partial charge in [0, 0.05) is 25.7 Å². The molecule has 2 unspecified atom stereocenters. The number of aliphatic carboxylic acids is 1. The highest BCUT2D eigenvalue weighted by molar-refractivity contribution is 5.77. The van der Waals surface area contributed by atoms with Gasteiger partial charge in [0.1, 0.15) is 11.5 Å². The van der Waals surface area contributed by atoms with Crippen LogP contribution in [0.3, 0.4) is 0 Å². The molecule has 10 heteroatoms. The van der Waals surface area contributed by atoms with Crippen LogP contribution in [0, 0.1) is 0 Å². The molecule has 3 N–H and O–H groups in total. The van der Waals surface area contributed by atoms with Gasteiger partial charge in [-0.15, -0.1) is 0 Å². The summed E-state index contributed by atoms with van der Waals surface area (Å²) in [5.74, 6) is 1.02. The number of methoxy groups -OCH3 is 3. The summed E-state index contributed by atoms with van der Waals surface area (Å²) in [5, 5.41) is 14.9. The van der Waals surface area contributed by atoms with E-state index in [4.69, 9.17) is 14.6 Å². The maximum Gasteiger partial charge on any atom is 0.305 e. The third-order valence-electron chi connectivity index (χ3n) is 9.31. The zero-order valence-corrected chi connectivity index (χ0v) is 29.7. The zero-order chi connectivity index (χ0) is 35.4. The number of hydrogen-bond acceptors (Lipinski definition) is 7. The number of amides is 2. The van der Waals surface area contributed by atoms with Gasteiger partial charge in [-0.05, 0) is 111 Å². The first-order chi connectivity index (χ1) is 23.7. The number of aryl methyl sites for hydroxylation is 2. The van der Waals surface area contributed by atoms with Gasteiger partial charge in [0.15, 0.2) is 0 Å². The highest BCUT2D eigenvalue weighted by Gasteiger charge is 2.23. The number of nitrogens with one attached hydrogen (secondary N) is 2. The summed E-state index contributed by atoms with van der Waals surface area (Å²) in [6, 6.07) is 12.4. The van der Waals surface area contributed by atoms with Gasteiger partial charge in [0.25, 0.3) is 0 Å². The molecule has 0 saturated carbocycles. The van der Waals surface area contributed by atoms with Crippen molar-refractivity contribution in [1.29, 1.82) is 0 Å². The fourth-order valence-corrected chi connectivity index (χ4v) is 6.59. The quantitative estimate of drug-likeness (QED) is 0.110. The number of carboxylic acids is 1. The van der Waals surface area contributed by atoms with Crippen LogP contribution < -0.4 is 20.1 Å². The summed E-state index contributed by atoms with van der Waals surface area (Å²) in [6.45, 7) is 0. The normalized spacial score (nSPS) is 16.1. The Morgan fingerprint density at radius 1 is 0.633 bits per heavy atom. The van der Waals surface area contributed by atoms with Crippen molar-refractivity contribution in [3.8, 4) is 11.5 Å². The Hall–Kier alpha value is -4.08. The van der Waals surface area contributed by atoms with Crippen molar-refractivity contribution in [1.82, 2.24) is 10.6 Å². The molecular weight excluding hydrogens is 624 g/mol. The van der Waals surface area contributed by atoms with Crippen LogP contribution in [0.4, 0.5) is 0 Å². The first kappa shape index (κ1) is 39.4. The van der Waals surface area contributed by atoms with Gasteiger partial charge in [-0.1, -0.05) is 37.8 Å². The van der Waals surface area contributed by atoms with Crippen molar-refractivity contribution in [2.45, 2.75) is 128 Å². The average Bonchev–Trinajstić information content (AvgIpc) is 3.11. The van der Waals surface area contributed by atoms with Crippen molar-refractivity contribution < 1.29 is 38.5 Å².